The summed E-state index contributed by atoms with van der Waals surface area (Å²) in [6.45, 7) is 5.72. The molecule has 1 atom stereocenters. The van der Waals surface area contributed by atoms with E-state index in [1.807, 2.05) is 26.0 Å². The number of aryl methyl sites for hydroxylation is 2. The Bertz CT molecular complexity index is 520. The average Bonchev–Trinajstić information content (AvgIpc) is 2.70. The lowest BCUT2D eigenvalue weighted by atomic mass is 9.94. The van der Waals surface area contributed by atoms with Crippen LogP contribution in [-0.4, -0.2) is 29.2 Å². The predicted octanol–water partition coefficient (Wildman–Crippen LogP) is 1.66. The van der Waals surface area contributed by atoms with Gasteiger partial charge in [0.2, 0.25) is 5.54 Å². The molecule has 102 valence electrons. The van der Waals surface area contributed by atoms with Crippen molar-refractivity contribution in [2.24, 2.45) is 0 Å². The van der Waals surface area contributed by atoms with E-state index in [0.29, 0.717) is 5.69 Å². The minimum absolute atomic E-state index is 0.109. The van der Waals surface area contributed by atoms with Crippen LogP contribution in [-0.2, 0) is 20.7 Å². The topological polar surface area (TPSA) is 75.6 Å². The molecule has 0 aliphatic carbocycles. The van der Waals surface area contributed by atoms with Gasteiger partial charge in [0, 0.05) is 12.1 Å². The summed E-state index contributed by atoms with van der Waals surface area (Å²) in [6.07, 6.45) is 0.109. The summed E-state index contributed by atoms with van der Waals surface area (Å²) in [5.74, 6) is -1.95. The molecule has 1 aromatic rings. The number of carboxylic acid groups (broad SMARTS) is 1. The molecular formula is C14H17NO4. The molecule has 2 rings (SSSR count). The predicted molar refractivity (Wildman–Crippen MR) is 70.2 cm³/mol. The SMILES string of the molecule is CCOC(=O)C1(C(=O)O)Cc2cc(C)c(C)cc2N1. The Morgan fingerprint density at radius 3 is 2.58 bits per heavy atom. The molecule has 0 saturated heterocycles. The standard InChI is InChI=1S/C14H17NO4/c1-4-19-13(18)14(12(16)17)7-10-5-8(2)9(3)6-11(10)15-14/h5-6,15H,4,7H2,1-3H3,(H,16,17). The maximum atomic E-state index is 12.0. The first kappa shape index (κ1) is 13.4. The molecule has 1 aliphatic rings. The third-order valence-corrected chi connectivity index (χ3v) is 3.51. The number of hydrogen-bond acceptors (Lipinski definition) is 4. The summed E-state index contributed by atoms with van der Waals surface area (Å²) in [6, 6.07) is 3.79. The van der Waals surface area contributed by atoms with Gasteiger partial charge in [-0.25, -0.2) is 9.59 Å². The first-order valence-corrected chi connectivity index (χ1v) is 6.19. The van der Waals surface area contributed by atoms with Crippen molar-refractivity contribution in [2.45, 2.75) is 32.7 Å². The highest BCUT2D eigenvalue weighted by molar-refractivity contribution is 6.09. The third-order valence-electron chi connectivity index (χ3n) is 3.51. The molecule has 5 nitrogen and oxygen atoms in total. The number of nitrogens with one attached hydrogen (secondary N) is 1. The van der Waals surface area contributed by atoms with Crippen LogP contribution in [0.25, 0.3) is 0 Å². The molecule has 0 amide bonds. The fraction of sp³-hybridized carbons (Fsp3) is 0.429. The number of aliphatic carboxylic acids is 1. The first-order valence-electron chi connectivity index (χ1n) is 6.19. The number of hydrogen-bond donors (Lipinski definition) is 2. The van der Waals surface area contributed by atoms with Crippen molar-refractivity contribution in [3.05, 3.63) is 28.8 Å². The molecule has 19 heavy (non-hydrogen) atoms. The quantitative estimate of drug-likeness (QED) is 0.640. The molecule has 0 radical (unpaired) electrons. The minimum Gasteiger partial charge on any atom is -0.479 e. The number of esters is 1. The summed E-state index contributed by atoms with van der Waals surface area (Å²) >= 11 is 0. The summed E-state index contributed by atoms with van der Waals surface area (Å²) in [7, 11) is 0. The zero-order chi connectivity index (χ0) is 14.2. The van der Waals surface area contributed by atoms with Crippen LogP contribution in [0.1, 0.15) is 23.6 Å². The lowest BCUT2D eigenvalue weighted by molar-refractivity contribution is -0.158. The highest BCUT2D eigenvalue weighted by Crippen LogP contribution is 2.35. The van der Waals surface area contributed by atoms with Crippen molar-refractivity contribution in [1.82, 2.24) is 0 Å². The Kier molecular flexibility index (Phi) is 3.22. The molecule has 0 aromatic heterocycles. The van der Waals surface area contributed by atoms with Crippen LogP contribution in [0.5, 0.6) is 0 Å². The number of anilines is 1. The molecule has 0 fully saturated rings. The fourth-order valence-corrected chi connectivity index (χ4v) is 2.29. The lowest BCUT2D eigenvalue weighted by Gasteiger charge is -2.22. The van der Waals surface area contributed by atoms with Crippen molar-refractivity contribution in [3.8, 4) is 0 Å². The number of carbonyl (C=O) groups is 2. The number of rotatable bonds is 3. The van der Waals surface area contributed by atoms with Gasteiger partial charge >= 0.3 is 11.9 Å². The lowest BCUT2D eigenvalue weighted by Crippen LogP contribution is -2.53. The normalized spacial score (nSPS) is 20.6. The highest BCUT2D eigenvalue weighted by Gasteiger charge is 2.52. The monoisotopic (exact) mass is 263 g/mol. The van der Waals surface area contributed by atoms with Gasteiger partial charge < -0.3 is 15.2 Å². The molecule has 2 N–H and O–H groups in total. The summed E-state index contributed by atoms with van der Waals surface area (Å²) < 4.78 is 4.90. The van der Waals surface area contributed by atoms with E-state index in [4.69, 9.17) is 4.74 Å². The Morgan fingerprint density at radius 2 is 2.00 bits per heavy atom. The summed E-state index contributed by atoms with van der Waals surface area (Å²) in [5, 5.41) is 12.2. The Morgan fingerprint density at radius 1 is 1.37 bits per heavy atom. The zero-order valence-corrected chi connectivity index (χ0v) is 11.2. The molecule has 1 aliphatic heterocycles. The average molecular weight is 263 g/mol. The van der Waals surface area contributed by atoms with Crippen molar-refractivity contribution in [1.29, 1.82) is 0 Å². The Hall–Kier alpha value is -2.04. The second-order valence-electron chi connectivity index (χ2n) is 4.83. The van der Waals surface area contributed by atoms with Crippen LogP contribution >= 0.6 is 0 Å². The van der Waals surface area contributed by atoms with Gasteiger partial charge in [-0.1, -0.05) is 6.07 Å². The van der Waals surface area contributed by atoms with Crippen LogP contribution in [0.3, 0.4) is 0 Å². The zero-order valence-electron chi connectivity index (χ0n) is 11.2. The smallest absolute Gasteiger partial charge is 0.343 e. The number of benzene rings is 1. The second-order valence-corrected chi connectivity index (χ2v) is 4.83. The number of fused-ring (bicyclic) bond motifs is 1. The molecule has 0 bridgehead atoms. The molecule has 0 saturated carbocycles. The largest absolute Gasteiger partial charge is 0.479 e. The molecular weight excluding hydrogens is 246 g/mol. The summed E-state index contributed by atoms with van der Waals surface area (Å²) in [4.78, 5) is 23.5. The van der Waals surface area contributed by atoms with Gasteiger partial charge in [0.1, 0.15) is 0 Å². The van der Waals surface area contributed by atoms with Crippen molar-refractivity contribution < 1.29 is 19.4 Å². The van der Waals surface area contributed by atoms with Gasteiger partial charge in [0.05, 0.1) is 6.61 Å². The van der Waals surface area contributed by atoms with E-state index in [2.05, 4.69) is 5.32 Å². The van der Waals surface area contributed by atoms with Crippen LogP contribution in [0.2, 0.25) is 0 Å². The van der Waals surface area contributed by atoms with Crippen molar-refractivity contribution in [3.63, 3.8) is 0 Å². The molecule has 1 heterocycles. The van der Waals surface area contributed by atoms with Gasteiger partial charge in [-0.2, -0.15) is 0 Å². The molecule has 0 spiro atoms. The van der Waals surface area contributed by atoms with Gasteiger partial charge in [-0.15, -0.1) is 0 Å². The van der Waals surface area contributed by atoms with Gasteiger partial charge in [0.25, 0.3) is 0 Å². The van der Waals surface area contributed by atoms with Gasteiger partial charge in [0.15, 0.2) is 0 Å². The van der Waals surface area contributed by atoms with E-state index in [1.165, 1.54) is 0 Å². The fourth-order valence-electron chi connectivity index (χ4n) is 2.29. The van der Waals surface area contributed by atoms with Gasteiger partial charge in [-0.05, 0) is 43.5 Å². The third kappa shape index (κ3) is 2.05. The number of ether oxygens (including phenoxy) is 1. The Labute approximate surface area is 111 Å². The van der Waals surface area contributed by atoms with Crippen LogP contribution in [0, 0.1) is 13.8 Å². The van der Waals surface area contributed by atoms with Crippen LogP contribution in [0.4, 0.5) is 5.69 Å². The van der Waals surface area contributed by atoms with E-state index in [9.17, 15) is 14.7 Å². The maximum absolute atomic E-state index is 12.0. The first-order chi connectivity index (χ1) is 8.90. The molecule has 5 heteroatoms. The van der Waals surface area contributed by atoms with Crippen LogP contribution < -0.4 is 5.32 Å². The minimum atomic E-state index is -1.70. The van der Waals surface area contributed by atoms with E-state index >= 15 is 0 Å². The van der Waals surface area contributed by atoms with Crippen molar-refractivity contribution in [2.75, 3.05) is 11.9 Å². The van der Waals surface area contributed by atoms with Crippen molar-refractivity contribution >= 4 is 17.6 Å². The maximum Gasteiger partial charge on any atom is 0.343 e. The Balaban J connectivity index is 2.42. The summed E-state index contributed by atoms with van der Waals surface area (Å²) in [5.41, 5.74) is 1.96. The van der Waals surface area contributed by atoms with E-state index in [-0.39, 0.29) is 13.0 Å². The van der Waals surface area contributed by atoms with Crippen LogP contribution in [0.15, 0.2) is 12.1 Å². The van der Waals surface area contributed by atoms with E-state index < -0.39 is 17.5 Å². The van der Waals surface area contributed by atoms with Gasteiger partial charge in [-0.3, -0.25) is 0 Å². The molecule has 1 aromatic carbocycles. The van der Waals surface area contributed by atoms with E-state index in [1.54, 1.807) is 6.92 Å². The second kappa shape index (κ2) is 4.57. The number of carboxylic acids is 1. The highest BCUT2D eigenvalue weighted by atomic mass is 16.5. The van der Waals surface area contributed by atoms with E-state index in [0.717, 1.165) is 16.7 Å². The number of carbonyl (C=O) groups excluding carboxylic acids is 1. The molecule has 1 unspecified atom stereocenters.